The third-order valence-electron chi connectivity index (χ3n) is 4.82. The Balaban J connectivity index is 1.79. The molecule has 0 radical (unpaired) electrons. The maximum atomic E-state index is 6.08. The third kappa shape index (κ3) is 2.87. The van der Waals surface area contributed by atoms with Crippen LogP contribution in [0.5, 0.6) is 0 Å². The van der Waals surface area contributed by atoms with Gasteiger partial charge in [0.25, 0.3) is 0 Å². The fraction of sp³-hybridized carbons (Fsp3) is 0.625. The molecule has 0 amide bonds. The second-order valence-electron chi connectivity index (χ2n) is 5.95. The lowest BCUT2D eigenvalue weighted by molar-refractivity contribution is 0.202. The summed E-state index contributed by atoms with van der Waals surface area (Å²) >= 11 is 12.1. The summed E-state index contributed by atoms with van der Waals surface area (Å²) in [6, 6.07) is 6.14. The summed E-state index contributed by atoms with van der Waals surface area (Å²) in [5.74, 6) is 2.40. The molecule has 1 aliphatic carbocycles. The molecule has 1 heterocycles. The number of hydrogen-bond donors (Lipinski definition) is 0. The van der Waals surface area contributed by atoms with Crippen LogP contribution < -0.4 is 4.90 Å². The van der Waals surface area contributed by atoms with E-state index in [1.807, 2.05) is 12.1 Å². The quantitative estimate of drug-likeness (QED) is 0.687. The van der Waals surface area contributed by atoms with Crippen molar-refractivity contribution in [3.63, 3.8) is 0 Å². The highest BCUT2D eigenvalue weighted by atomic mass is 35.5. The van der Waals surface area contributed by atoms with E-state index in [1.54, 1.807) is 0 Å². The second kappa shape index (κ2) is 5.93. The summed E-state index contributed by atoms with van der Waals surface area (Å²) in [6.07, 6.45) is 7.05. The molecule has 2 atom stereocenters. The first kappa shape index (κ1) is 13.6. The Morgan fingerprint density at radius 3 is 2.68 bits per heavy atom. The molecule has 3 rings (SSSR count). The Morgan fingerprint density at radius 2 is 1.89 bits per heavy atom. The minimum atomic E-state index is 0.542. The number of benzene rings is 1. The second-order valence-corrected chi connectivity index (χ2v) is 6.65. The first-order valence-corrected chi connectivity index (χ1v) is 8.28. The Kier molecular flexibility index (Phi) is 4.24. The fourth-order valence-corrected chi connectivity index (χ4v) is 4.20. The number of halogens is 2. The van der Waals surface area contributed by atoms with Crippen molar-refractivity contribution in [2.75, 3.05) is 18.0 Å². The first-order valence-electron chi connectivity index (χ1n) is 7.37. The molecule has 2 aliphatic rings. The molecule has 1 saturated carbocycles. The smallest absolute Gasteiger partial charge is 0.0495 e. The maximum Gasteiger partial charge on any atom is 0.0495 e. The van der Waals surface area contributed by atoms with Gasteiger partial charge in [-0.15, -0.1) is 11.6 Å². The number of fused-ring (bicyclic) bond motifs is 1. The average molecular weight is 298 g/mol. The van der Waals surface area contributed by atoms with Gasteiger partial charge in [0, 0.05) is 29.7 Å². The molecule has 1 aliphatic heterocycles. The predicted octanol–water partition coefficient (Wildman–Crippen LogP) is 5.10. The molecule has 1 aromatic carbocycles. The molecule has 2 fully saturated rings. The van der Waals surface area contributed by atoms with Crippen LogP contribution in [-0.4, -0.2) is 13.1 Å². The highest BCUT2D eigenvalue weighted by molar-refractivity contribution is 6.30. The van der Waals surface area contributed by atoms with Crippen LogP contribution in [0.4, 0.5) is 5.69 Å². The van der Waals surface area contributed by atoms with Crippen molar-refractivity contribution in [1.82, 2.24) is 0 Å². The van der Waals surface area contributed by atoms with E-state index in [0.29, 0.717) is 5.88 Å². The summed E-state index contributed by atoms with van der Waals surface area (Å²) in [5, 5.41) is 0.784. The van der Waals surface area contributed by atoms with E-state index in [9.17, 15) is 0 Å². The first-order chi connectivity index (χ1) is 9.28. The topological polar surface area (TPSA) is 3.24 Å². The SMILES string of the molecule is ClCc1cc(Cl)ccc1N1CCC2CCCCC2C1. The van der Waals surface area contributed by atoms with Crippen LogP contribution in [0, 0.1) is 11.8 Å². The highest BCUT2D eigenvalue weighted by Gasteiger charge is 2.31. The van der Waals surface area contributed by atoms with Crippen LogP contribution in [0.25, 0.3) is 0 Å². The standard InChI is InChI=1S/C16H21Cl2N/c17-10-14-9-15(18)5-6-16(14)19-8-7-12-3-1-2-4-13(12)11-19/h5-6,9,12-13H,1-4,7-8,10-11H2. The van der Waals surface area contributed by atoms with Gasteiger partial charge in [-0.25, -0.2) is 0 Å². The lowest BCUT2D eigenvalue weighted by Gasteiger charge is -2.42. The number of rotatable bonds is 2. The zero-order chi connectivity index (χ0) is 13.2. The molecule has 0 aromatic heterocycles. The van der Waals surface area contributed by atoms with E-state index in [1.165, 1.54) is 56.4 Å². The van der Waals surface area contributed by atoms with Crippen LogP contribution in [-0.2, 0) is 5.88 Å². The van der Waals surface area contributed by atoms with E-state index >= 15 is 0 Å². The molecule has 1 nitrogen and oxygen atoms in total. The minimum absolute atomic E-state index is 0.542. The van der Waals surface area contributed by atoms with Gasteiger partial charge in [-0.3, -0.25) is 0 Å². The highest BCUT2D eigenvalue weighted by Crippen LogP contribution is 2.38. The lowest BCUT2D eigenvalue weighted by Crippen LogP contribution is -2.42. The van der Waals surface area contributed by atoms with Crippen molar-refractivity contribution in [3.05, 3.63) is 28.8 Å². The number of hydrogen-bond acceptors (Lipinski definition) is 1. The Labute approximate surface area is 125 Å². The van der Waals surface area contributed by atoms with Crippen molar-refractivity contribution in [1.29, 1.82) is 0 Å². The summed E-state index contributed by atoms with van der Waals surface area (Å²) in [7, 11) is 0. The van der Waals surface area contributed by atoms with Crippen molar-refractivity contribution in [3.8, 4) is 0 Å². The van der Waals surface area contributed by atoms with Crippen LogP contribution in [0.3, 0.4) is 0 Å². The fourth-order valence-electron chi connectivity index (χ4n) is 3.79. The molecular formula is C16H21Cl2N. The van der Waals surface area contributed by atoms with Crippen LogP contribution in [0.15, 0.2) is 18.2 Å². The van der Waals surface area contributed by atoms with E-state index < -0.39 is 0 Å². The molecule has 0 bridgehead atoms. The maximum absolute atomic E-state index is 6.08. The third-order valence-corrected chi connectivity index (χ3v) is 5.34. The number of nitrogens with zero attached hydrogens (tertiary/aromatic N) is 1. The van der Waals surface area contributed by atoms with Crippen molar-refractivity contribution < 1.29 is 0 Å². The normalized spacial score (nSPS) is 27.2. The van der Waals surface area contributed by atoms with Gasteiger partial charge >= 0.3 is 0 Å². The van der Waals surface area contributed by atoms with Crippen LogP contribution in [0.2, 0.25) is 5.02 Å². The van der Waals surface area contributed by atoms with Gasteiger partial charge in [0.1, 0.15) is 0 Å². The van der Waals surface area contributed by atoms with Gasteiger partial charge in [-0.1, -0.05) is 30.9 Å². The van der Waals surface area contributed by atoms with E-state index in [2.05, 4.69) is 11.0 Å². The van der Waals surface area contributed by atoms with Crippen molar-refractivity contribution >= 4 is 28.9 Å². The van der Waals surface area contributed by atoms with E-state index in [4.69, 9.17) is 23.2 Å². The van der Waals surface area contributed by atoms with Gasteiger partial charge in [-0.05, 0) is 48.4 Å². The number of piperidine rings is 1. The van der Waals surface area contributed by atoms with E-state index in [0.717, 1.165) is 16.9 Å². The van der Waals surface area contributed by atoms with Crippen molar-refractivity contribution in [2.24, 2.45) is 11.8 Å². The molecule has 1 saturated heterocycles. The molecule has 3 heteroatoms. The van der Waals surface area contributed by atoms with Crippen LogP contribution >= 0.6 is 23.2 Å². The summed E-state index contributed by atoms with van der Waals surface area (Å²) in [4.78, 5) is 2.53. The number of alkyl halides is 1. The van der Waals surface area contributed by atoms with Gasteiger partial charge in [0.05, 0.1) is 0 Å². The van der Waals surface area contributed by atoms with E-state index in [-0.39, 0.29) is 0 Å². The predicted molar refractivity (Wildman–Crippen MR) is 83.3 cm³/mol. The minimum Gasteiger partial charge on any atom is -0.371 e. The summed E-state index contributed by atoms with van der Waals surface area (Å²) in [6.45, 7) is 2.38. The zero-order valence-electron chi connectivity index (χ0n) is 11.2. The summed E-state index contributed by atoms with van der Waals surface area (Å²) in [5.41, 5.74) is 2.46. The number of anilines is 1. The lowest BCUT2D eigenvalue weighted by atomic mass is 9.75. The zero-order valence-corrected chi connectivity index (χ0v) is 12.8. The van der Waals surface area contributed by atoms with Gasteiger partial charge in [0.15, 0.2) is 0 Å². The van der Waals surface area contributed by atoms with Crippen LogP contribution in [0.1, 0.15) is 37.7 Å². The molecule has 104 valence electrons. The van der Waals surface area contributed by atoms with Gasteiger partial charge in [0.2, 0.25) is 0 Å². The van der Waals surface area contributed by atoms with Gasteiger partial charge < -0.3 is 4.90 Å². The Bertz CT molecular complexity index is 446. The molecule has 1 aromatic rings. The molecule has 2 unspecified atom stereocenters. The molecular weight excluding hydrogens is 277 g/mol. The van der Waals surface area contributed by atoms with Gasteiger partial charge in [-0.2, -0.15) is 0 Å². The average Bonchev–Trinajstić information content (AvgIpc) is 2.46. The van der Waals surface area contributed by atoms with Crippen molar-refractivity contribution in [2.45, 2.75) is 38.0 Å². The largest absolute Gasteiger partial charge is 0.371 e. The molecule has 0 N–H and O–H groups in total. The Morgan fingerprint density at radius 1 is 1.11 bits per heavy atom. The summed E-state index contributed by atoms with van der Waals surface area (Å²) < 4.78 is 0. The Hall–Kier alpha value is -0.400. The monoisotopic (exact) mass is 297 g/mol. The molecule has 19 heavy (non-hydrogen) atoms. The molecule has 0 spiro atoms.